The second kappa shape index (κ2) is 6.24. The Balaban J connectivity index is 1.67. The van der Waals surface area contributed by atoms with Gasteiger partial charge in [-0.05, 0) is 30.5 Å². The second-order valence-corrected chi connectivity index (χ2v) is 7.17. The van der Waals surface area contributed by atoms with Crippen LogP contribution in [0.2, 0.25) is 5.02 Å². The summed E-state index contributed by atoms with van der Waals surface area (Å²) in [6.45, 7) is 0.734. The molecule has 1 aliphatic carbocycles. The SMILES string of the molecule is Nc1c(C(=O)NCCC2CCCC2)sc2cc(Cl)ccc12. The van der Waals surface area contributed by atoms with Gasteiger partial charge >= 0.3 is 0 Å². The number of rotatable bonds is 4. The topological polar surface area (TPSA) is 55.1 Å². The van der Waals surface area contributed by atoms with Gasteiger partial charge in [0.1, 0.15) is 4.88 Å². The minimum Gasteiger partial charge on any atom is -0.397 e. The highest BCUT2D eigenvalue weighted by atomic mass is 35.5. The average Bonchev–Trinajstić information content (AvgIpc) is 3.07. The number of benzene rings is 1. The van der Waals surface area contributed by atoms with Crippen molar-refractivity contribution < 1.29 is 4.79 Å². The number of amides is 1. The number of hydrogen-bond acceptors (Lipinski definition) is 3. The van der Waals surface area contributed by atoms with Gasteiger partial charge in [0, 0.05) is 21.7 Å². The third kappa shape index (κ3) is 3.16. The van der Waals surface area contributed by atoms with Crippen molar-refractivity contribution in [1.29, 1.82) is 0 Å². The Bertz CT molecular complexity index is 662. The molecule has 1 aromatic heterocycles. The van der Waals surface area contributed by atoms with Gasteiger partial charge in [-0.2, -0.15) is 0 Å². The number of halogens is 1. The van der Waals surface area contributed by atoms with E-state index < -0.39 is 0 Å². The van der Waals surface area contributed by atoms with Crippen LogP contribution in [0.1, 0.15) is 41.8 Å². The molecule has 0 unspecified atom stereocenters. The second-order valence-electron chi connectivity index (χ2n) is 5.68. The molecule has 3 rings (SSSR count). The van der Waals surface area contributed by atoms with E-state index in [0.29, 0.717) is 15.6 Å². The maximum atomic E-state index is 12.3. The van der Waals surface area contributed by atoms with E-state index in [1.807, 2.05) is 12.1 Å². The molecule has 0 spiro atoms. The number of thiophene rings is 1. The molecule has 3 nitrogen and oxygen atoms in total. The molecule has 1 aliphatic rings. The van der Waals surface area contributed by atoms with Gasteiger partial charge in [0.05, 0.1) is 5.69 Å². The highest BCUT2D eigenvalue weighted by Gasteiger charge is 2.18. The summed E-state index contributed by atoms with van der Waals surface area (Å²) in [5.74, 6) is 0.715. The quantitative estimate of drug-likeness (QED) is 0.874. The molecule has 112 valence electrons. The fourth-order valence-corrected chi connectivity index (χ4v) is 4.34. The van der Waals surface area contributed by atoms with Gasteiger partial charge in [-0.25, -0.2) is 0 Å². The molecular weight excluding hydrogens is 304 g/mol. The van der Waals surface area contributed by atoms with Gasteiger partial charge in [-0.3, -0.25) is 4.79 Å². The van der Waals surface area contributed by atoms with Crippen LogP contribution in [0.25, 0.3) is 10.1 Å². The first kappa shape index (κ1) is 14.7. The molecule has 1 fully saturated rings. The van der Waals surface area contributed by atoms with Gasteiger partial charge < -0.3 is 11.1 Å². The maximum absolute atomic E-state index is 12.3. The van der Waals surface area contributed by atoms with Gasteiger partial charge in [-0.1, -0.05) is 37.3 Å². The predicted octanol–water partition coefficient (Wildman–Crippen LogP) is 4.45. The van der Waals surface area contributed by atoms with Crippen LogP contribution in [0.5, 0.6) is 0 Å². The number of anilines is 1. The molecule has 1 aromatic carbocycles. The number of nitrogens with two attached hydrogens (primary N) is 1. The van der Waals surface area contributed by atoms with E-state index in [1.54, 1.807) is 6.07 Å². The van der Waals surface area contributed by atoms with E-state index in [9.17, 15) is 4.79 Å². The van der Waals surface area contributed by atoms with E-state index in [2.05, 4.69) is 5.32 Å². The summed E-state index contributed by atoms with van der Waals surface area (Å²) in [5, 5.41) is 4.57. The lowest BCUT2D eigenvalue weighted by molar-refractivity contribution is 0.0956. The van der Waals surface area contributed by atoms with E-state index in [0.717, 1.165) is 29.0 Å². The molecule has 3 N–H and O–H groups in total. The number of nitrogens with one attached hydrogen (secondary N) is 1. The lowest BCUT2D eigenvalue weighted by atomic mass is 10.0. The first-order valence-corrected chi connectivity index (χ1v) is 8.60. The molecule has 0 bridgehead atoms. The number of carbonyl (C=O) groups is 1. The van der Waals surface area contributed by atoms with Gasteiger partial charge in [0.2, 0.25) is 0 Å². The standard InChI is InChI=1S/C16H19ClN2OS/c17-11-5-6-12-13(9-11)21-15(14(12)18)16(20)19-8-7-10-3-1-2-4-10/h5-6,9-10H,1-4,7-8,18H2,(H,19,20). The number of fused-ring (bicyclic) bond motifs is 1. The van der Waals surface area contributed by atoms with Gasteiger partial charge in [0.25, 0.3) is 5.91 Å². The molecule has 0 radical (unpaired) electrons. The molecule has 21 heavy (non-hydrogen) atoms. The van der Waals surface area contributed by atoms with Crippen molar-refractivity contribution in [2.24, 2.45) is 5.92 Å². The Labute approximate surface area is 133 Å². The zero-order chi connectivity index (χ0) is 14.8. The van der Waals surface area contributed by atoms with Crippen molar-refractivity contribution in [2.45, 2.75) is 32.1 Å². The number of nitrogen functional groups attached to an aromatic ring is 1. The van der Waals surface area contributed by atoms with Crippen LogP contribution in [0.15, 0.2) is 18.2 Å². The smallest absolute Gasteiger partial charge is 0.263 e. The van der Waals surface area contributed by atoms with Crippen LogP contribution in [0.4, 0.5) is 5.69 Å². The first-order chi connectivity index (χ1) is 10.1. The molecular formula is C16H19ClN2OS. The van der Waals surface area contributed by atoms with E-state index in [4.69, 9.17) is 17.3 Å². The normalized spacial score (nSPS) is 15.7. The first-order valence-electron chi connectivity index (χ1n) is 7.41. The fraction of sp³-hybridized carbons (Fsp3) is 0.438. The van der Waals surface area contributed by atoms with Crippen molar-refractivity contribution in [1.82, 2.24) is 5.32 Å². The summed E-state index contributed by atoms with van der Waals surface area (Å²) in [5.41, 5.74) is 6.65. The minimum atomic E-state index is -0.0668. The van der Waals surface area contributed by atoms with Crippen LogP contribution in [-0.4, -0.2) is 12.5 Å². The molecule has 0 saturated heterocycles. The lowest BCUT2D eigenvalue weighted by Gasteiger charge is -2.09. The van der Waals surface area contributed by atoms with Crippen LogP contribution in [-0.2, 0) is 0 Å². The summed E-state index contributed by atoms with van der Waals surface area (Å²) in [6.07, 6.45) is 6.35. The van der Waals surface area contributed by atoms with Crippen molar-refractivity contribution in [3.8, 4) is 0 Å². The zero-order valence-corrected chi connectivity index (χ0v) is 13.4. The van der Waals surface area contributed by atoms with Crippen molar-refractivity contribution >= 4 is 44.6 Å². The molecule has 5 heteroatoms. The van der Waals surface area contributed by atoms with E-state index in [-0.39, 0.29) is 5.91 Å². The van der Waals surface area contributed by atoms with Crippen molar-refractivity contribution in [3.63, 3.8) is 0 Å². The number of hydrogen-bond donors (Lipinski definition) is 2. The molecule has 1 heterocycles. The monoisotopic (exact) mass is 322 g/mol. The fourth-order valence-electron chi connectivity index (χ4n) is 3.03. The Morgan fingerprint density at radius 3 is 2.90 bits per heavy atom. The van der Waals surface area contributed by atoms with Crippen LogP contribution < -0.4 is 11.1 Å². The minimum absolute atomic E-state index is 0.0668. The summed E-state index contributed by atoms with van der Waals surface area (Å²) in [6, 6.07) is 5.53. The van der Waals surface area contributed by atoms with Crippen molar-refractivity contribution in [3.05, 3.63) is 28.1 Å². The summed E-state index contributed by atoms with van der Waals surface area (Å²) >= 11 is 7.39. The maximum Gasteiger partial charge on any atom is 0.263 e. The van der Waals surface area contributed by atoms with Crippen LogP contribution >= 0.6 is 22.9 Å². The highest BCUT2D eigenvalue weighted by Crippen LogP contribution is 2.35. The largest absolute Gasteiger partial charge is 0.397 e. The third-order valence-electron chi connectivity index (χ3n) is 4.21. The van der Waals surface area contributed by atoms with Crippen LogP contribution in [0, 0.1) is 5.92 Å². The Hall–Kier alpha value is -1.26. The molecule has 0 atom stereocenters. The van der Waals surface area contributed by atoms with E-state index in [1.165, 1.54) is 37.0 Å². The third-order valence-corrected chi connectivity index (χ3v) is 5.61. The lowest BCUT2D eigenvalue weighted by Crippen LogP contribution is -2.25. The zero-order valence-electron chi connectivity index (χ0n) is 11.8. The van der Waals surface area contributed by atoms with E-state index >= 15 is 0 Å². The van der Waals surface area contributed by atoms with Gasteiger partial charge in [-0.15, -0.1) is 11.3 Å². The summed E-state index contributed by atoms with van der Waals surface area (Å²) < 4.78 is 0.959. The highest BCUT2D eigenvalue weighted by molar-refractivity contribution is 7.21. The van der Waals surface area contributed by atoms with Crippen LogP contribution in [0.3, 0.4) is 0 Å². The summed E-state index contributed by atoms with van der Waals surface area (Å²) in [7, 11) is 0. The Morgan fingerprint density at radius 1 is 1.38 bits per heavy atom. The summed E-state index contributed by atoms with van der Waals surface area (Å²) in [4.78, 5) is 12.9. The molecule has 2 aromatic rings. The van der Waals surface area contributed by atoms with Crippen molar-refractivity contribution in [2.75, 3.05) is 12.3 Å². The predicted molar refractivity (Wildman–Crippen MR) is 90.2 cm³/mol. The Morgan fingerprint density at radius 2 is 2.14 bits per heavy atom. The van der Waals surface area contributed by atoms with Gasteiger partial charge in [0.15, 0.2) is 0 Å². The Kier molecular flexibility index (Phi) is 4.36. The molecule has 0 aliphatic heterocycles. The molecule has 1 amide bonds. The average molecular weight is 323 g/mol. The number of carbonyl (C=O) groups excluding carboxylic acids is 1. The molecule has 1 saturated carbocycles.